The normalized spacial score (nSPS) is 40.7. The summed E-state index contributed by atoms with van der Waals surface area (Å²) in [4.78, 5) is 23.4. The number of carbonyl (C=O) groups excluding carboxylic acids is 2. The van der Waals surface area contributed by atoms with Gasteiger partial charge in [-0.3, -0.25) is 4.79 Å². The molecule has 0 amide bonds. The first-order valence-corrected chi connectivity index (χ1v) is 7.76. The van der Waals surface area contributed by atoms with Crippen LogP contribution in [0.1, 0.15) is 40.0 Å². The SMILES string of the molecule is C=C1C(=O)O[C@@H]2/C=C(\C)CCC(O)C(C)(O)C[C@@H](OC(C)=O)[C@@H]12. The third-order valence-electron chi connectivity index (χ3n) is 4.57. The van der Waals surface area contributed by atoms with Gasteiger partial charge in [0.15, 0.2) is 0 Å². The molecule has 0 saturated carbocycles. The highest BCUT2D eigenvalue weighted by molar-refractivity contribution is 5.91. The number of fused-ring (bicyclic) bond motifs is 1. The highest BCUT2D eigenvalue weighted by Gasteiger charge is 2.47. The maximum absolute atomic E-state index is 11.9. The second-order valence-electron chi connectivity index (χ2n) is 6.70. The summed E-state index contributed by atoms with van der Waals surface area (Å²) in [5.74, 6) is -1.62. The monoisotopic (exact) mass is 324 g/mol. The van der Waals surface area contributed by atoms with Crippen LogP contribution in [0.2, 0.25) is 0 Å². The maximum atomic E-state index is 11.9. The number of ether oxygens (including phenoxy) is 2. The van der Waals surface area contributed by atoms with Crippen LogP contribution >= 0.6 is 0 Å². The minimum atomic E-state index is -1.45. The van der Waals surface area contributed by atoms with Crippen molar-refractivity contribution in [3.63, 3.8) is 0 Å². The van der Waals surface area contributed by atoms with E-state index in [2.05, 4.69) is 6.58 Å². The van der Waals surface area contributed by atoms with Crippen LogP contribution in [0.15, 0.2) is 23.8 Å². The summed E-state index contributed by atoms with van der Waals surface area (Å²) in [7, 11) is 0. The molecule has 1 heterocycles. The molecule has 0 aromatic carbocycles. The minimum Gasteiger partial charge on any atom is -0.462 e. The molecule has 0 spiro atoms. The van der Waals surface area contributed by atoms with Crippen LogP contribution in [-0.4, -0.2) is 46.1 Å². The quantitative estimate of drug-likeness (QED) is 0.428. The van der Waals surface area contributed by atoms with Crippen molar-refractivity contribution in [1.82, 2.24) is 0 Å². The van der Waals surface area contributed by atoms with Crippen molar-refractivity contribution in [2.45, 2.75) is 63.9 Å². The van der Waals surface area contributed by atoms with E-state index in [-0.39, 0.29) is 12.0 Å². The van der Waals surface area contributed by atoms with Crippen LogP contribution in [0.4, 0.5) is 0 Å². The Morgan fingerprint density at radius 2 is 2.17 bits per heavy atom. The van der Waals surface area contributed by atoms with Gasteiger partial charge in [0.1, 0.15) is 12.2 Å². The number of carbonyl (C=O) groups is 2. The van der Waals surface area contributed by atoms with Crippen molar-refractivity contribution in [2.24, 2.45) is 5.92 Å². The Bertz CT molecular complexity index is 547. The molecule has 23 heavy (non-hydrogen) atoms. The van der Waals surface area contributed by atoms with Gasteiger partial charge in [0, 0.05) is 18.9 Å². The van der Waals surface area contributed by atoms with E-state index in [9.17, 15) is 19.8 Å². The Morgan fingerprint density at radius 3 is 2.78 bits per heavy atom. The molecule has 0 aromatic rings. The molecule has 1 aliphatic heterocycles. The summed E-state index contributed by atoms with van der Waals surface area (Å²) in [6.45, 7) is 8.40. The second kappa shape index (κ2) is 6.45. The largest absolute Gasteiger partial charge is 0.462 e. The highest BCUT2D eigenvalue weighted by Crippen LogP contribution is 2.38. The van der Waals surface area contributed by atoms with Gasteiger partial charge in [-0.05, 0) is 32.8 Å². The van der Waals surface area contributed by atoms with Gasteiger partial charge >= 0.3 is 11.9 Å². The predicted molar refractivity (Wildman–Crippen MR) is 82.3 cm³/mol. The van der Waals surface area contributed by atoms with Gasteiger partial charge in [0.2, 0.25) is 0 Å². The maximum Gasteiger partial charge on any atom is 0.334 e. The number of aliphatic hydroxyl groups excluding tert-OH is 1. The molecule has 6 nitrogen and oxygen atoms in total. The topological polar surface area (TPSA) is 93.1 Å². The third kappa shape index (κ3) is 3.82. The van der Waals surface area contributed by atoms with Gasteiger partial charge in [0.05, 0.1) is 17.6 Å². The first-order valence-electron chi connectivity index (χ1n) is 7.76. The Morgan fingerprint density at radius 1 is 1.52 bits per heavy atom. The first-order chi connectivity index (χ1) is 10.6. The lowest BCUT2D eigenvalue weighted by Crippen LogP contribution is -2.46. The van der Waals surface area contributed by atoms with E-state index in [1.807, 2.05) is 13.0 Å². The Hall–Kier alpha value is -1.66. The number of aliphatic hydroxyl groups is 2. The number of hydrogen-bond donors (Lipinski definition) is 2. The van der Waals surface area contributed by atoms with E-state index in [0.29, 0.717) is 12.8 Å². The fraction of sp³-hybridized carbons (Fsp3) is 0.647. The predicted octanol–water partition coefficient (Wildman–Crippen LogP) is 1.26. The van der Waals surface area contributed by atoms with Crippen LogP contribution in [0, 0.1) is 5.92 Å². The van der Waals surface area contributed by atoms with Crippen molar-refractivity contribution < 1.29 is 29.3 Å². The molecule has 0 aromatic heterocycles. The van der Waals surface area contributed by atoms with Crippen molar-refractivity contribution >= 4 is 11.9 Å². The zero-order valence-electron chi connectivity index (χ0n) is 13.7. The van der Waals surface area contributed by atoms with Crippen LogP contribution in [-0.2, 0) is 19.1 Å². The van der Waals surface area contributed by atoms with Crippen LogP contribution in [0.3, 0.4) is 0 Å². The summed E-state index contributed by atoms with van der Waals surface area (Å²) in [5.41, 5.74) is -0.300. The van der Waals surface area contributed by atoms with Crippen molar-refractivity contribution in [1.29, 1.82) is 0 Å². The molecule has 1 saturated heterocycles. The molecule has 128 valence electrons. The number of allylic oxidation sites excluding steroid dienone is 1. The molecule has 2 unspecified atom stereocenters. The van der Waals surface area contributed by atoms with E-state index in [0.717, 1.165) is 5.57 Å². The van der Waals surface area contributed by atoms with Gasteiger partial charge < -0.3 is 19.7 Å². The molecule has 0 radical (unpaired) electrons. The smallest absolute Gasteiger partial charge is 0.334 e. The average Bonchev–Trinajstić information content (AvgIpc) is 2.68. The summed E-state index contributed by atoms with van der Waals surface area (Å²) >= 11 is 0. The van der Waals surface area contributed by atoms with Crippen LogP contribution in [0.25, 0.3) is 0 Å². The Labute approximate surface area is 135 Å². The van der Waals surface area contributed by atoms with Gasteiger partial charge in [-0.15, -0.1) is 0 Å². The molecule has 5 atom stereocenters. The lowest BCUT2D eigenvalue weighted by molar-refractivity contribution is -0.157. The van der Waals surface area contributed by atoms with Gasteiger partial charge in [-0.2, -0.15) is 0 Å². The molecule has 1 fully saturated rings. The molecular weight excluding hydrogens is 300 g/mol. The molecule has 1 aliphatic carbocycles. The third-order valence-corrected chi connectivity index (χ3v) is 4.57. The fourth-order valence-corrected chi connectivity index (χ4v) is 3.22. The molecule has 2 aliphatic rings. The van der Waals surface area contributed by atoms with E-state index in [4.69, 9.17) is 9.47 Å². The summed E-state index contributed by atoms with van der Waals surface area (Å²) < 4.78 is 10.7. The summed E-state index contributed by atoms with van der Waals surface area (Å²) in [6.07, 6.45) is 0.402. The number of hydrogen-bond acceptors (Lipinski definition) is 6. The van der Waals surface area contributed by atoms with E-state index in [1.54, 1.807) is 0 Å². The van der Waals surface area contributed by atoms with Gasteiger partial charge in [-0.25, -0.2) is 4.79 Å². The Balaban J connectivity index is 2.44. The molecule has 6 heteroatoms. The standard InChI is InChI=1S/C17H24O6/c1-9-5-6-14(19)17(4,21)8-13(22-11(3)18)15-10(2)16(20)23-12(15)7-9/h7,12-15,19,21H,2,5-6,8H2,1,3-4H3/b9-7+/t12-,13-,14?,15+,17?/m1/s1. The first kappa shape index (κ1) is 17.7. The van der Waals surface area contributed by atoms with Crippen molar-refractivity contribution in [2.75, 3.05) is 0 Å². The number of esters is 2. The minimum absolute atomic E-state index is 0.00252. The van der Waals surface area contributed by atoms with Crippen molar-refractivity contribution in [3.05, 3.63) is 23.8 Å². The van der Waals surface area contributed by atoms with E-state index in [1.165, 1.54) is 13.8 Å². The van der Waals surface area contributed by atoms with Gasteiger partial charge in [0.25, 0.3) is 0 Å². The molecule has 0 bridgehead atoms. The summed E-state index contributed by atoms with van der Waals surface area (Å²) in [6, 6.07) is 0. The molecular formula is C17H24O6. The number of rotatable bonds is 1. The average molecular weight is 324 g/mol. The highest BCUT2D eigenvalue weighted by atomic mass is 16.6. The fourth-order valence-electron chi connectivity index (χ4n) is 3.22. The van der Waals surface area contributed by atoms with Crippen LogP contribution < -0.4 is 0 Å². The molecule has 2 N–H and O–H groups in total. The van der Waals surface area contributed by atoms with E-state index < -0.39 is 41.8 Å². The van der Waals surface area contributed by atoms with Crippen LogP contribution in [0.5, 0.6) is 0 Å². The summed E-state index contributed by atoms with van der Waals surface area (Å²) in [5, 5.41) is 20.8. The van der Waals surface area contributed by atoms with E-state index >= 15 is 0 Å². The Kier molecular flexibility index (Phi) is 4.96. The van der Waals surface area contributed by atoms with Gasteiger partial charge in [-0.1, -0.05) is 12.2 Å². The zero-order chi connectivity index (χ0) is 17.4. The van der Waals surface area contributed by atoms with Crippen molar-refractivity contribution in [3.8, 4) is 0 Å². The second-order valence-corrected chi connectivity index (χ2v) is 6.70. The molecule has 2 rings (SSSR count). The lowest BCUT2D eigenvalue weighted by Gasteiger charge is -2.36. The lowest BCUT2D eigenvalue weighted by atomic mass is 9.79. The zero-order valence-corrected chi connectivity index (χ0v) is 13.7.